The van der Waals surface area contributed by atoms with E-state index in [2.05, 4.69) is 20.2 Å². The molecule has 1 aliphatic rings. The fourth-order valence-electron chi connectivity index (χ4n) is 2.73. The fraction of sp³-hybridized carbons (Fsp3) is 0.667. The Morgan fingerprint density at radius 2 is 1.87 bits per heavy atom. The Labute approximate surface area is 138 Å². The Balaban J connectivity index is 1.66. The number of rotatable bonds is 6. The van der Waals surface area contributed by atoms with Gasteiger partial charge in [-0.15, -0.1) is 0 Å². The van der Waals surface area contributed by atoms with Crippen LogP contribution in [0.25, 0.3) is 0 Å². The molecule has 1 aromatic heterocycles. The molecule has 2 rings (SSSR count). The van der Waals surface area contributed by atoms with Crippen molar-refractivity contribution in [2.45, 2.75) is 19.4 Å². The van der Waals surface area contributed by atoms with Crippen LogP contribution in [0.4, 0.5) is 0 Å². The number of aliphatic imine (C=N–C) groups is 1. The van der Waals surface area contributed by atoms with Gasteiger partial charge in [0.05, 0.1) is 6.26 Å². The lowest BCUT2D eigenvalue weighted by Gasteiger charge is -2.30. The second kappa shape index (κ2) is 8.35. The Hall–Kier alpha value is -1.54. The first-order chi connectivity index (χ1) is 11.0. The molecular formula is C15H27N5O2S. The van der Waals surface area contributed by atoms with Crippen LogP contribution in [-0.2, 0) is 16.6 Å². The molecule has 0 unspecified atom stereocenters. The third-order valence-electron chi connectivity index (χ3n) is 4.15. The van der Waals surface area contributed by atoms with E-state index in [1.54, 1.807) is 11.4 Å². The number of nitrogens with zero attached hydrogens (tertiary/aromatic N) is 3. The molecule has 0 saturated carbocycles. The lowest BCUT2D eigenvalue weighted by atomic mass is 9.98. The molecule has 0 radical (unpaired) electrons. The van der Waals surface area contributed by atoms with Crippen LogP contribution in [0.5, 0.6) is 0 Å². The van der Waals surface area contributed by atoms with Crippen LogP contribution in [0.3, 0.4) is 0 Å². The van der Waals surface area contributed by atoms with Gasteiger partial charge in [0.1, 0.15) is 0 Å². The molecule has 0 amide bonds. The summed E-state index contributed by atoms with van der Waals surface area (Å²) in [4.78, 5) is 4.22. The van der Waals surface area contributed by atoms with Crippen molar-refractivity contribution in [1.29, 1.82) is 0 Å². The van der Waals surface area contributed by atoms with E-state index < -0.39 is 10.0 Å². The SMILES string of the molecule is CN=C(NCCn1cccc1)NCC1CCN(S(C)(=O)=O)CC1. The van der Waals surface area contributed by atoms with E-state index in [1.165, 1.54) is 6.26 Å². The molecule has 1 saturated heterocycles. The fourth-order valence-corrected chi connectivity index (χ4v) is 3.60. The summed E-state index contributed by atoms with van der Waals surface area (Å²) in [6.07, 6.45) is 7.13. The first kappa shape index (κ1) is 17.8. The molecule has 0 bridgehead atoms. The van der Waals surface area contributed by atoms with Crippen molar-refractivity contribution in [1.82, 2.24) is 19.5 Å². The van der Waals surface area contributed by atoms with Crippen molar-refractivity contribution in [3.63, 3.8) is 0 Å². The van der Waals surface area contributed by atoms with Crippen LogP contribution in [0, 0.1) is 5.92 Å². The number of sulfonamides is 1. The molecule has 0 spiro atoms. The topological polar surface area (TPSA) is 78.7 Å². The molecule has 7 nitrogen and oxygen atoms in total. The molecule has 0 atom stereocenters. The molecule has 1 fully saturated rings. The molecule has 1 aliphatic heterocycles. The number of hydrogen-bond acceptors (Lipinski definition) is 3. The molecule has 0 aromatic carbocycles. The van der Waals surface area contributed by atoms with Crippen LogP contribution < -0.4 is 10.6 Å². The zero-order valence-corrected chi connectivity index (χ0v) is 14.7. The summed E-state index contributed by atoms with van der Waals surface area (Å²) in [5.74, 6) is 1.28. The second-order valence-electron chi connectivity index (χ2n) is 5.91. The third kappa shape index (κ3) is 5.87. The number of guanidine groups is 1. The van der Waals surface area contributed by atoms with Gasteiger partial charge in [-0.3, -0.25) is 4.99 Å². The van der Waals surface area contributed by atoms with E-state index in [0.717, 1.165) is 38.4 Å². The lowest BCUT2D eigenvalue weighted by Crippen LogP contribution is -2.44. The zero-order valence-electron chi connectivity index (χ0n) is 13.9. The summed E-state index contributed by atoms with van der Waals surface area (Å²) in [6.45, 7) is 3.75. The number of piperidine rings is 1. The highest BCUT2D eigenvalue weighted by molar-refractivity contribution is 7.88. The summed E-state index contributed by atoms with van der Waals surface area (Å²) in [7, 11) is -1.28. The van der Waals surface area contributed by atoms with Gasteiger partial charge in [-0.1, -0.05) is 0 Å². The van der Waals surface area contributed by atoms with Crippen molar-refractivity contribution in [3.8, 4) is 0 Å². The van der Waals surface area contributed by atoms with Crippen LogP contribution in [0.2, 0.25) is 0 Å². The van der Waals surface area contributed by atoms with Gasteiger partial charge in [0.15, 0.2) is 5.96 Å². The smallest absolute Gasteiger partial charge is 0.211 e. The van der Waals surface area contributed by atoms with E-state index >= 15 is 0 Å². The van der Waals surface area contributed by atoms with Crippen LogP contribution in [0.1, 0.15) is 12.8 Å². The summed E-state index contributed by atoms with van der Waals surface area (Å²) in [5.41, 5.74) is 0. The van der Waals surface area contributed by atoms with Gasteiger partial charge in [-0.2, -0.15) is 0 Å². The second-order valence-corrected chi connectivity index (χ2v) is 7.89. The molecule has 23 heavy (non-hydrogen) atoms. The van der Waals surface area contributed by atoms with Crippen molar-refractivity contribution in [2.24, 2.45) is 10.9 Å². The van der Waals surface area contributed by atoms with E-state index in [9.17, 15) is 8.42 Å². The van der Waals surface area contributed by atoms with E-state index in [-0.39, 0.29) is 0 Å². The highest BCUT2D eigenvalue weighted by atomic mass is 32.2. The maximum atomic E-state index is 11.5. The third-order valence-corrected chi connectivity index (χ3v) is 5.46. The van der Waals surface area contributed by atoms with Gasteiger partial charge >= 0.3 is 0 Å². The maximum Gasteiger partial charge on any atom is 0.211 e. The number of aromatic nitrogens is 1. The summed E-state index contributed by atoms with van der Waals surface area (Å²) < 4.78 is 26.7. The first-order valence-corrected chi connectivity index (χ1v) is 9.84. The number of hydrogen-bond donors (Lipinski definition) is 2. The van der Waals surface area contributed by atoms with Crippen molar-refractivity contribution < 1.29 is 8.42 Å². The van der Waals surface area contributed by atoms with E-state index in [4.69, 9.17) is 0 Å². The predicted molar refractivity (Wildman–Crippen MR) is 92.9 cm³/mol. The molecule has 2 N–H and O–H groups in total. The van der Waals surface area contributed by atoms with Crippen molar-refractivity contribution in [2.75, 3.05) is 39.5 Å². The van der Waals surface area contributed by atoms with E-state index in [1.807, 2.05) is 24.5 Å². The van der Waals surface area contributed by atoms with Gasteiger partial charge in [0.2, 0.25) is 10.0 Å². The largest absolute Gasteiger partial charge is 0.356 e. The highest BCUT2D eigenvalue weighted by Crippen LogP contribution is 2.18. The minimum absolute atomic E-state index is 0.482. The van der Waals surface area contributed by atoms with Crippen LogP contribution in [0.15, 0.2) is 29.5 Å². The molecule has 2 heterocycles. The first-order valence-electron chi connectivity index (χ1n) is 7.99. The molecule has 130 valence electrons. The Morgan fingerprint density at radius 3 is 2.43 bits per heavy atom. The Morgan fingerprint density at radius 1 is 1.22 bits per heavy atom. The normalized spacial score (nSPS) is 18.1. The summed E-state index contributed by atoms with van der Waals surface area (Å²) in [6, 6.07) is 4.02. The molecule has 1 aromatic rings. The van der Waals surface area contributed by atoms with Crippen LogP contribution in [-0.4, -0.2) is 62.7 Å². The average molecular weight is 341 g/mol. The Kier molecular flexibility index (Phi) is 6.47. The minimum Gasteiger partial charge on any atom is -0.356 e. The minimum atomic E-state index is -3.04. The van der Waals surface area contributed by atoms with Gasteiger partial charge < -0.3 is 15.2 Å². The summed E-state index contributed by atoms with van der Waals surface area (Å²) in [5, 5.41) is 6.63. The van der Waals surface area contributed by atoms with Crippen molar-refractivity contribution >= 4 is 16.0 Å². The standard InChI is InChI=1S/C15H27N5O2S/c1-16-15(17-7-12-19-8-3-4-9-19)18-13-14-5-10-20(11-6-14)23(2,21)22/h3-4,8-9,14H,5-7,10-13H2,1-2H3,(H2,16,17,18). The maximum absolute atomic E-state index is 11.5. The van der Waals surface area contributed by atoms with Gasteiger partial charge in [-0.25, -0.2) is 12.7 Å². The van der Waals surface area contributed by atoms with E-state index in [0.29, 0.717) is 19.0 Å². The average Bonchev–Trinajstić information content (AvgIpc) is 3.03. The highest BCUT2D eigenvalue weighted by Gasteiger charge is 2.24. The lowest BCUT2D eigenvalue weighted by molar-refractivity contribution is 0.275. The summed E-state index contributed by atoms with van der Waals surface area (Å²) >= 11 is 0. The van der Waals surface area contributed by atoms with Gasteiger partial charge in [-0.05, 0) is 30.9 Å². The Bertz CT molecular complexity index is 589. The molecule has 0 aliphatic carbocycles. The monoisotopic (exact) mass is 341 g/mol. The number of nitrogens with one attached hydrogen (secondary N) is 2. The van der Waals surface area contributed by atoms with Gasteiger partial charge in [0.25, 0.3) is 0 Å². The quantitative estimate of drug-likeness (QED) is 0.577. The van der Waals surface area contributed by atoms with Gasteiger partial charge in [0, 0.05) is 52.2 Å². The molecular weight excluding hydrogens is 314 g/mol. The van der Waals surface area contributed by atoms with Crippen LogP contribution >= 0.6 is 0 Å². The zero-order chi connectivity index (χ0) is 16.7. The predicted octanol–water partition coefficient (Wildman–Crippen LogP) is 0.325. The van der Waals surface area contributed by atoms with Crippen molar-refractivity contribution in [3.05, 3.63) is 24.5 Å². The molecule has 8 heteroatoms.